The monoisotopic (exact) mass is 254 g/mol. The minimum absolute atomic E-state index is 0.0708. The van der Waals surface area contributed by atoms with Gasteiger partial charge in [0.05, 0.1) is 5.69 Å². The highest BCUT2D eigenvalue weighted by Crippen LogP contribution is 2.20. The number of amides is 1. The van der Waals surface area contributed by atoms with Crippen molar-refractivity contribution in [2.45, 2.75) is 25.8 Å². The summed E-state index contributed by atoms with van der Waals surface area (Å²) in [7, 11) is 0. The second-order valence-electron chi connectivity index (χ2n) is 4.55. The number of halogens is 2. The Hall–Kier alpha value is -1.65. The van der Waals surface area contributed by atoms with Gasteiger partial charge in [-0.3, -0.25) is 4.79 Å². The van der Waals surface area contributed by atoms with E-state index in [4.69, 9.17) is 0 Å². The van der Waals surface area contributed by atoms with Crippen LogP contribution in [0.5, 0.6) is 0 Å². The summed E-state index contributed by atoms with van der Waals surface area (Å²) in [6.45, 7) is 2.90. The number of hydrogen-bond donors (Lipinski definition) is 1. The Morgan fingerprint density at radius 1 is 1.33 bits per heavy atom. The maximum Gasteiger partial charge on any atom is 0.219 e. The molecular formula is C13H16F2N2O. The van der Waals surface area contributed by atoms with Gasteiger partial charge in [0.15, 0.2) is 0 Å². The topological polar surface area (TPSA) is 32.3 Å². The van der Waals surface area contributed by atoms with E-state index in [0.717, 1.165) is 18.9 Å². The Kier molecular flexibility index (Phi) is 3.79. The number of nitrogens with zero attached hydrogens (tertiary/aromatic N) is 1. The van der Waals surface area contributed by atoms with Crippen LogP contribution in [0.4, 0.5) is 14.5 Å². The molecule has 2 rings (SSSR count). The molecule has 98 valence electrons. The molecule has 1 fully saturated rings. The highest BCUT2D eigenvalue weighted by Gasteiger charge is 2.21. The summed E-state index contributed by atoms with van der Waals surface area (Å²) in [4.78, 5) is 12.9. The Balaban J connectivity index is 1.93. The Morgan fingerprint density at radius 3 is 2.56 bits per heavy atom. The van der Waals surface area contributed by atoms with E-state index < -0.39 is 11.6 Å². The minimum Gasteiger partial charge on any atom is -0.380 e. The van der Waals surface area contributed by atoms with E-state index in [-0.39, 0.29) is 11.9 Å². The van der Waals surface area contributed by atoms with E-state index in [9.17, 15) is 13.6 Å². The van der Waals surface area contributed by atoms with E-state index >= 15 is 0 Å². The van der Waals surface area contributed by atoms with Crippen molar-refractivity contribution < 1.29 is 13.6 Å². The maximum atomic E-state index is 13.4. The van der Waals surface area contributed by atoms with Crippen LogP contribution in [-0.4, -0.2) is 29.9 Å². The van der Waals surface area contributed by atoms with Crippen molar-refractivity contribution in [3.8, 4) is 0 Å². The van der Waals surface area contributed by atoms with Gasteiger partial charge in [-0.05, 0) is 25.0 Å². The van der Waals surface area contributed by atoms with Crippen molar-refractivity contribution in [1.29, 1.82) is 0 Å². The minimum atomic E-state index is -0.580. The van der Waals surface area contributed by atoms with Gasteiger partial charge in [0, 0.05) is 32.1 Å². The zero-order chi connectivity index (χ0) is 13.1. The predicted octanol–water partition coefficient (Wildman–Crippen LogP) is 2.39. The molecule has 0 radical (unpaired) electrons. The largest absolute Gasteiger partial charge is 0.380 e. The maximum absolute atomic E-state index is 13.4. The molecule has 0 unspecified atom stereocenters. The van der Waals surface area contributed by atoms with E-state index in [1.165, 1.54) is 12.1 Å². The number of anilines is 1. The molecule has 0 spiro atoms. The molecule has 18 heavy (non-hydrogen) atoms. The molecule has 1 N–H and O–H groups in total. The summed E-state index contributed by atoms with van der Waals surface area (Å²) in [5.74, 6) is -1.09. The molecule has 0 atom stereocenters. The lowest BCUT2D eigenvalue weighted by molar-refractivity contribution is -0.129. The molecule has 1 aliphatic rings. The summed E-state index contributed by atoms with van der Waals surface area (Å²) in [6.07, 6.45) is 1.55. The lowest BCUT2D eigenvalue weighted by atomic mass is 10.0. The Labute approximate surface area is 105 Å². The molecule has 1 aliphatic heterocycles. The van der Waals surface area contributed by atoms with Crippen LogP contribution in [0.25, 0.3) is 0 Å². The van der Waals surface area contributed by atoms with Crippen LogP contribution in [0.1, 0.15) is 19.8 Å². The fraction of sp³-hybridized carbons (Fsp3) is 0.462. The van der Waals surface area contributed by atoms with Crippen LogP contribution in [-0.2, 0) is 4.79 Å². The van der Waals surface area contributed by atoms with Crippen LogP contribution in [0.3, 0.4) is 0 Å². The number of rotatable bonds is 2. The van der Waals surface area contributed by atoms with E-state index in [1.54, 1.807) is 11.8 Å². The van der Waals surface area contributed by atoms with Gasteiger partial charge in [0.1, 0.15) is 11.6 Å². The first-order valence-corrected chi connectivity index (χ1v) is 6.03. The Bertz CT molecular complexity index is 443. The first-order chi connectivity index (χ1) is 8.56. The molecule has 5 heteroatoms. The fourth-order valence-corrected chi connectivity index (χ4v) is 2.17. The van der Waals surface area contributed by atoms with E-state index in [0.29, 0.717) is 18.8 Å². The average Bonchev–Trinajstić information content (AvgIpc) is 2.33. The third kappa shape index (κ3) is 2.97. The van der Waals surface area contributed by atoms with Crippen molar-refractivity contribution in [3.05, 3.63) is 29.8 Å². The van der Waals surface area contributed by atoms with Gasteiger partial charge < -0.3 is 10.2 Å². The number of benzene rings is 1. The first-order valence-electron chi connectivity index (χ1n) is 6.03. The standard InChI is InChI=1S/C13H16F2N2O/c1-9(18)17-6-4-11(5-7-17)16-13-3-2-10(14)8-12(13)15/h2-3,8,11,16H,4-7H2,1H3. The molecule has 1 aromatic rings. The SMILES string of the molecule is CC(=O)N1CCC(Nc2ccc(F)cc2F)CC1. The first kappa shape index (κ1) is 12.8. The van der Waals surface area contributed by atoms with Crippen LogP contribution in [0.15, 0.2) is 18.2 Å². The van der Waals surface area contributed by atoms with Gasteiger partial charge in [0.25, 0.3) is 0 Å². The second kappa shape index (κ2) is 5.33. The van der Waals surface area contributed by atoms with Crippen molar-refractivity contribution in [2.24, 2.45) is 0 Å². The van der Waals surface area contributed by atoms with Crippen LogP contribution in [0, 0.1) is 11.6 Å². The lowest BCUT2D eigenvalue weighted by Crippen LogP contribution is -2.41. The zero-order valence-electron chi connectivity index (χ0n) is 10.2. The molecule has 1 aromatic carbocycles. The van der Waals surface area contributed by atoms with Gasteiger partial charge >= 0.3 is 0 Å². The highest BCUT2D eigenvalue weighted by atomic mass is 19.1. The fourth-order valence-electron chi connectivity index (χ4n) is 2.17. The molecule has 3 nitrogen and oxygen atoms in total. The summed E-state index contributed by atoms with van der Waals surface area (Å²) >= 11 is 0. The molecular weight excluding hydrogens is 238 g/mol. The van der Waals surface area contributed by atoms with Gasteiger partial charge in [-0.1, -0.05) is 0 Å². The lowest BCUT2D eigenvalue weighted by Gasteiger charge is -2.32. The summed E-state index contributed by atoms with van der Waals surface area (Å²) in [6, 6.07) is 3.63. The number of nitrogens with one attached hydrogen (secondary N) is 1. The van der Waals surface area contributed by atoms with Gasteiger partial charge in [-0.2, -0.15) is 0 Å². The molecule has 0 aliphatic carbocycles. The molecule has 0 saturated carbocycles. The highest BCUT2D eigenvalue weighted by molar-refractivity contribution is 5.73. The second-order valence-corrected chi connectivity index (χ2v) is 4.55. The van der Waals surface area contributed by atoms with Crippen LogP contribution in [0.2, 0.25) is 0 Å². The number of likely N-dealkylation sites (tertiary alicyclic amines) is 1. The van der Waals surface area contributed by atoms with Gasteiger partial charge in [-0.15, -0.1) is 0 Å². The molecule has 0 bridgehead atoms. The van der Waals surface area contributed by atoms with Crippen molar-refractivity contribution in [1.82, 2.24) is 4.90 Å². The van der Waals surface area contributed by atoms with Crippen molar-refractivity contribution >= 4 is 11.6 Å². The molecule has 1 saturated heterocycles. The normalized spacial score (nSPS) is 16.7. The summed E-state index contributed by atoms with van der Waals surface area (Å²) in [5.41, 5.74) is 0.317. The van der Waals surface area contributed by atoms with Crippen LogP contribution < -0.4 is 5.32 Å². The number of carbonyl (C=O) groups excluding carboxylic acids is 1. The van der Waals surface area contributed by atoms with Crippen molar-refractivity contribution in [2.75, 3.05) is 18.4 Å². The number of piperidine rings is 1. The quantitative estimate of drug-likeness (QED) is 0.879. The molecule has 0 aromatic heterocycles. The molecule has 1 heterocycles. The number of carbonyl (C=O) groups is 1. The van der Waals surface area contributed by atoms with Crippen molar-refractivity contribution in [3.63, 3.8) is 0 Å². The number of hydrogen-bond acceptors (Lipinski definition) is 2. The summed E-state index contributed by atoms with van der Waals surface area (Å²) in [5, 5.41) is 3.06. The van der Waals surface area contributed by atoms with E-state index in [1.807, 2.05) is 0 Å². The average molecular weight is 254 g/mol. The predicted molar refractivity (Wildman–Crippen MR) is 65.3 cm³/mol. The van der Waals surface area contributed by atoms with Gasteiger partial charge in [-0.25, -0.2) is 8.78 Å². The third-order valence-electron chi connectivity index (χ3n) is 3.23. The zero-order valence-corrected chi connectivity index (χ0v) is 10.2. The smallest absolute Gasteiger partial charge is 0.219 e. The molecule has 1 amide bonds. The van der Waals surface area contributed by atoms with Gasteiger partial charge in [0.2, 0.25) is 5.91 Å². The van der Waals surface area contributed by atoms with E-state index in [2.05, 4.69) is 5.32 Å². The summed E-state index contributed by atoms with van der Waals surface area (Å²) < 4.78 is 26.2. The van der Waals surface area contributed by atoms with Crippen LogP contribution >= 0.6 is 0 Å². The Morgan fingerprint density at radius 2 is 2.00 bits per heavy atom. The third-order valence-corrected chi connectivity index (χ3v) is 3.23.